The number of nitrogens with one attached hydrogen (secondary N) is 2. The molecule has 2 N–H and O–H groups in total. The lowest BCUT2D eigenvalue weighted by Gasteiger charge is -2.13. The minimum absolute atomic E-state index is 0. The van der Waals surface area contributed by atoms with E-state index in [0.29, 0.717) is 25.7 Å². The smallest absolute Gasteiger partial charge is 0.372 e. The van der Waals surface area contributed by atoms with E-state index in [4.69, 9.17) is 4.74 Å². The molecule has 0 heterocycles. The fourth-order valence-electron chi connectivity index (χ4n) is 2.34. The van der Waals surface area contributed by atoms with Crippen LogP contribution in [0.3, 0.4) is 0 Å². The van der Waals surface area contributed by atoms with E-state index in [-0.39, 0.29) is 30.5 Å². The van der Waals surface area contributed by atoms with E-state index in [1.807, 2.05) is 54.6 Å². The first-order valence-electron chi connectivity index (χ1n) is 8.67. The molecule has 0 radical (unpaired) electrons. The Bertz CT molecular complexity index is 707. The van der Waals surface area contributed by atoms with Gasteiger partial charge >= 0.3 is 6.18 Å². The number of halogens is 4. The van der Waals surface area contributed by atoms with E-state index in [0.717, 1.165) is 16.7 Å². The zero-order valence-corrected chi connectivity index (χ0v) is 18.0. The highest BCUT2D eigenvalue weighted by Gasteiger charge is 2.26. The van der Waals surface area contributed by atoms with Crippen molar-refractivity contribution in [3.8, 4) is 0 Å². The summed E-state index contributed by atoms with van der Waals surface area (Å²) in [6, 6.07) is 17.8. The summed E-state index contributed by atoms with van der Waals surface area (Å²) >= 11 is 0. The molecule has 0 aromatic heterocycles. The molecule has 8 heteroatoms. The van der Waals surface area contributed by atoms with Gasteiger partial charge < -0.3 is 15.4 Å². The Morgan fingerprint density at radius 2 is 1.46 bits per heavy atom. The molecule has 0 spiro atoms. The minimum atomic E-state index is -4.18. The molecule has 0 bridgehead atoms. The number of alkyl halides is 3. The van der Waals surface area contributed by atoms with Gasteiger partial charge in [0.05, 0.1) is 19.6 Å². The van der Waals surface area contributed by atoms with Gasteiger partial charge in [0.25, 0.3) is 0 Å². The van der Waals surface area contributed by atoms with Crippen molar-refractivity contribution >= 4 is 29.9 Å². The third-order valence-electron chi connectivity index (χ3n) is 3.79. The number of benzene rings is 2. The minimum Gasteiger partial charge on any atom is -0.372 e. The summed E-state index contributed by atoms with van der Waals surface area (Å²) in [5.74, 6) is 0.342. The van der Waals surface area contributed by atoms with Crippen molar-refractivity contribution in [2.45, 2.75) is 32.4 Å². The van der Waals surface area contributed by atoms with Gasteiger partial charge in [-0.2, -0.15) is 13.2 Å². The predicted molar refractivity (Wildman–Crippen MR) is 116 cm³/mol. The SMILES string of the molecule is CN=C(NCCC(F)(F)F)NCc1ccc(COCc2ccccc2)cc1.I. The molecule has 0 saturated carbocycles. The van der Waals surface area contributed by atoms with Crippen LogP contribution in [0.5, 0.6) is 0 Å². The van der Waals surface area contributed by atoms with Crippen molar-refractivity contribution in [3.63, 3.8) is 0 Å². The maximum Gasteiger partial charge on any atom is 0.390 e. The van der Waals surface area contributed by atoms with Crippen LogP contribution in [0.4, 0.5) is 13.2 Å². The van der Waals surface area contributed by atoms with Gasteiger partial charge in [-0.05, 0) is 16.7 Å². The topological polar surface area (TPSA) is 45.7 Å². The molecule has 2 aromatic carbocycles. The van der Waals surface area contributed by atoms with E-state index >= 15 is 0 Å². The average molecular weight is 507 g/mol. The summed E-state index contributed by atoms with van der Waals surface area (Å²) in [7, 11) is 1.52. The highest BCUT2D eigenvalue weighted by molar-refractivity contribution is 14.0. The Balaban J connectivity index is 0.00000392. The number of aliphatic imine (C=N–C) groups is 1. The van der Waals surface area contributed by atoms with Crippen molar-refractivity contribution < 1.29 is 17.9 Å². The summed E-state index contributed by atoms with van der Waals surface area (Å²) in [4.78, 5) is 3.92. The third kappa shape index (κ3) is 9.93. The fourth-order valence-corrected chi connectivity index (χ4v) is 2.34. The van der Waals surface area contributed by atoms with E-state index < -0.39 is 12.6 Å². The second-order valence-corrected chi connectivity index (χ2v) is 6.01. The van der Waals surface area contributed by atoms with Crippen LogP contribution in [0.15, 0.2) is 59.6 Å². The zero-order valence-electron chi connectivity index (χ0n) is 15.6. The van der Waals surface area contributed by atoms with Crippen molar-refractivity contribution in [1.29, 1.82) is 0 Å². The summed E-state index contributed by atoms with van der Waals surface area (Å²) in [6.45, 7) is 1.34. The van der Waals surface area contributed by atoms with Gasteiger partial charge in [0.1, 0.15) is 0 Å². The van der Waals surface area contributed by atoms with Crippen LogP contribution in [-0.4, -0.2) is 25.7 Å². The van der Waals surface area contributed by atoms with Gasteiger partial charge in [-0.1, -0.05) is 54.6 Å². The Morgan fingerprint density at radius 1 is 0.893 bits per heavy atom. The lowest BCUT2D eigenvalue weighted by molar-refractivity contribution is -0.132. The first kappa shape index (κ1) is 24.2. The summed E-state index contributed by atoms with van der Waals surface area (Å²) < 4.78 is 42.2. The Kier molecular flexibility index (Phi) is 10.9. The van der Waals surface area contributed by atoms with Crippen molar-refractivity contribution in [2.24, 2.45) is 4.99 Å². The van der Waals surface area contributed by atoms with Crippen LogP contribution >= 0.6 is 24.0 Å². The molecule has 0 aliphatic heterocycles. The van der Waals surface area contributed by atoms with E-state index in [9.17, 15) is 13.2 Å². The molecule has 0 aliphatic carbocycles. The van der Waals surface area contributed by atoms with Gasteiger partial charge in [0.15, 0.2) is 5.96 Å². The van der Waals surface area contributed by atoms with Crippen LogP contribution in [0.1, 0.15) is 23.1 Å². The number of ether oxygens (including phenoxy) is 1. The summed E-state index contributed by atoms with van der Waals surface area (Å²) in [6.07, 6.45) is -5.07. The second-order valence-electron chi connectivity index (χ2n) is 6.01. The van der Waals surface area contributed by atoms with Gasteiger partial charge in [-0.25, -0.2) is 0 Å². The highest BCUT2D eigenvalue weighted by atomic mass is 127. The molecule has 0 atom stereocenters. The Labute approximate surface area is 180 Å². The number of nitrogens with zero attached hydrogens (tertiary/aromatic N) is 1. The lowest BCUT2D eigenvalue weighted by Crippen LogP contribution is -2.38. The molecular weight excluding hydrogens is 482 g/mol. The van der Waals surface area contributed by atoms with Crippen LogP contribution in [0, 0.1) is 0 Å². The molecule has 0 amide bonds. The zero-order chi connectivity index (χ0) is 19.5. The monoisotopic (exact) mass is 507 g/mol. The first-order chi connectivity index (χ1) is 13.0. The molecule has 0 fully saturated rings. The molecule has 28 heavy (non-hydrogen) atoms. The van der Waals surface area contributed by atoms with Gasteiger partial charge in [-0.15, -0.1) is 24.0 Å². The third-order valence-corrected chi connectivity index (χ3v) is 3.79. The average Bonchev–Trinajstić information content (AvgIpc) is 2.65. The highest BCUT2D eigenvalue weighted by Crippen LogP contribution is 2.18. The molecule has 4 nitrogen and oxygen atoms in total. The molecule has 0 saturated heterocycles. The quantitative estimate of drug-likeness (QED) is 0.311. The van der Waals surface area contributed by atoms with E-state index in [1.54, 1.807) is 0 Å². The second kappa shape index (κ2) is 12.6. The molecule has 154 valence electrons. The summed E-state index contributed by atoms with van der Waals surface area (Å²) in [5, 5.41) is 5.65. The number of hydrogen-bond acceptors (Lipinski definition) is 2. The molecular formula is C20H25F3IN3O. The van der Waals surface area contributed by atoms with Crippen LogP contribution in [-0.2, 0) is 24.5 Å². The molecule has 2 rings (SSSR count). The molecule has 0 aliphatic rings. The van der Waals surface area contributed by atoms with Gasteiger partial charge in [-0.3, -0.25) is 4.99 Å². The summed E-state index contributed by atoms with van der Waals surface area (Å²) in [5.41, 5.74) is 3.19. The van der Waals surface area contributed by atoms with Crippen molar-refractivity contribution in [2.75, 3.05) is 13.6 Å². The van der Waals surface area contributed by atoms with E-state index in [2.05, 4.69) is 15.6 Å². The number of hydrogen-bond donors (Lipinski definition) is 2. The first-order valence-corrected chi connectivity index (χ1v) is 8.67. The van der Waals surface area contributed by atoms with Gasteiger partial charge in [0.2, 0.25) is 0 Å². The lowest BCUT2D eigenvalue weighted by atomic mass is 10.1. The largest absolute Gasteiger partial charge is 0.390 e. The Hall–Kier alpha value is -1.81. The fraction of sp³-hybridized carbons (Fsp3) is 0.350. The number of guanidine groups is 1. The maximum atomic E-state index is 12.2. The van der Waals surface area contributed by atoms with E-state index in [1.165, 1.54) is 7.05 Å². The predicted octanol–water partition coefficient (Wildman–Crippen LogP) is 4.64. The Morgan fingerprint density at radius 3 is 2.04 bits per heavy atom. The van der Waals surface area contributed by atoms with Crippen molar-refractivity contribution in [3.05, 3.63) is 71.3 Å². The molecule has 0 unspecified atom stereocenters. The number of rotatable bonds is 8. The standard InChI is InChI=1S/C20H24F3N3O.HI/c1-24-19(25-12-11-20(21,22)23)26-13-16-7-9-18(10-8-16)15-27-14-17-5-3-2-4-6-17;/h2-10H,11-15H2,1H3,(H2,24,25,26);1H. The normalized spacial score (nSPS) is 11.6. The van der Waals surface area contributed by atoms with Crippen LogP contribution in [0.25, 0.3) is 0 Å². The van der Waals surface area contributed by atoms with Crippen LogP contribution < -0.4 is 10.6 Å². The van der Waals surface area contributed by atoms with Gasteiger partial charge in [0, 0.05) is 20.1 Å². The van der Waals surface area contributed by atoms with Crippen LogP contribution in [0.2, 0.25) is 0 Å². The molecule has 2 aromatic rings. The van der Waals surface area contributed by atoms with Crippen molar-refractivity contribution in [1.82, 2.24) is 10.6 Å². The maximum absolute atomic E-state index is 12.2.